The summed E-state index contributed by atoms with van der Waals surface area (Å²) in [5.74, 6) is -0.365. The number of sulfonamides is 1. The minimum absolute atomic E-state index is 0.00685. The fourth-order valence-corrected chi connectivity index (χ4v) is 3.09. The number of hydrogen-bond acceptors (Lipinski definition) is 5. The van der Waals surface area contributed by atoms with Gasteiger partial charge in [-0.3, -0.25) is 20.4 Å². The van der Waals surface area contributed by atoms with Crippen molar-refractivity contribution < 1.29 is 22.7 Å². The van der Waals surface area contributed by atoms with Gasteiger partial charge in [-0.15, -0.1) is 0 Å². The fraction of sp³-hybridized carbons (Fsp3) is 0.222. The number of primary sulfonamides is 1. The van der Waals surface area contributed by atoms with Gasteiger partial charge in [0.2, 0.25) is 15.9 Å². The molecule has 8 nitrogen and oxygen atoms in total. The molecule has 0 heterocycles. The summed E-state index contributed by atoms with van der Waals surface area (Å²) in [6, 6.07) is 13.0. The van der Waals surface area contributed by atoms with E-state index in [1.165, 1.54) is 12.1 Å². The molecular formula is C18H20BrN3O5S. The maximum atomic E-state index is 12.0. The molecule has 4 N–H and O–H groups in total. The lowest BCUT2D eigenvalue weighted by molar-refractivity contribution is -0.132. The Hall–Kier alpha value is -2.43. The van der Waals surface area contributed by atoms with Crippen LogP contribution in [0.3, 0.4) is 0 Å². The van der Waals surface area contributed by atoms with Crippen LogP contribution in [0, 0.1) is 0 Å². The van der Waals surface area contributed by atoms with Crippen molar-refractivity contribution in [3.63, 3.8) is 0 Å². The number of benzene rings is 2. The number of hydrogen-bond donors (Lipinski definition) is 3. The highest BCUT2D eigenvalue weighted by Crippen LogP contribution is 2.18. The number of nitrogens with two attached hydrogens (primary N) is 1. The van der Waals surface area contributed by atoms with Crippen molar-refractivity contribution in [3.8, 4) is 5.75 Å². The van der Waals surface area contributed by atoms with Crippen molar-refractivity contribution in [2.75, 3.05) is 0 Å². The molecule has 2 rings (SSSR count). The Bertz CT molecular complexity index is 948. The topological polar surface area (TPSA) is 128 Å². The second-order valence-corrected chi connectivity index (χ2v) is 8.42. The first-order valence-corrected chi connectivity index (χ1v) is 10.6. The highest BCUT2D eigenvalue weighted by atomic mass is 79.9. The number of amides is 2. The molecule has 0 aromatic heterocycles. The zero-order valence-electron chi connectivity index (χ0n) is 15.0. The molecule has 150 valence electrons. The summed E-state index contributed by atoms with van der Waals surface area (Å²) in [4.78, 5) is 23.9. The van der Waals surface area contributed by atoms with E-state index in [0.717, 1.165) is 10.0 Å². The number of carbonyl (C=O) groups excluding carboxylic acids is 2. The smallest absolute Gasteiger partial charge is 0.279 e. The zero-order chi connectivity index (χ0) is 20.7. The number of rotatable bonds is 7. The van der Waals surface area contributed by atoms with Crippen LogP contribution in [0.2, 0.25) is 0 Å². The molecule has 0 bridgehead atoms. The molecule has 28 heavy (non-hydrogen) atoms. The van der Waals surface area contributed by atoms with E-state index in [9.17, 15) is 18.0 Å². The minimum Gasteiger partial charge on any atom is -0.481 e. The molecule has 0 spiro atoms. The first kappa shape index (κ1) is 21.9. The average Bonchev–Trinajstić information content (AvgIpc) is 2.64. The van der Waals surface area contributed by atoms with Crippen LogP contribution in [0.5, 0.6) is 5.75 Å². The van der Waals surface area contributed by atoms with E-state index in [-0.39, 0.29) is 11.3 Å². The van der Waals surface area contributed by atoms with Gasteiger partial charge in [0.25, 0.3) is 5.91 Å². The van der Waals surface area contributed by atoms with E-state index >= 15 is 0 Å². The van der Waals surface area contributed by atoms with Crippen LogP contribution in [0.15, 0.2) is 57.9 Å². The lowest BCUT2D eigenvalue weighted by Gasteiger charge is -2.15. The Labute approximate surface area is 171 Å². The summed E-state index contributed by atoms with van der Waals surface area (Å²) in [5.41, 5.74) is 5.40. The van der Waals surface area contributed by atoms with E-state index in [2.05, 4.69) is 26.8 Å². The van der Waals surface area contributed by atoms with Gasteiger partial charge in [-0.05, 0) is 49.2 Å². The van der Waals surface area contributed by atoms with Crippen LogP contribution in [0.4, 0.5) is 0 Å². The molecule has 0 aliphatic rings. The van der Waals surface area contributed by atoms with Crippen molar-refractivity contribution in [1.29, 1.82) is 0 Å². The summed E-state index contributed by atoms with van der Waals surface area (Å²) < 4.78 is 28.7. The SMILES string of the molecule is CC(Oc1cccc(Br)c1)C(=O)NNC(=O)CCc1ccc(S(N)(=O)=O)cc1. The second-order valence-electron chi connectivity index (χ2n) is 5.94. The number of aryl methyl sites for hydroxylation is 1. The zero-order valence-corrected chi connectivity index (χ0v) is 17.4. The number of carbonyl (C=O) groups is 2. The van der Waals surface area contributed by atoms with Gasteiger partial charge in [-0.2, -0.15) is 0 Å². The Kier molecular flexibility index (Phi) is 7.55. The molecule has 1 unspecified atom stereocenters. The molecular weight excluding hydrogens is 450 g/mol. The van der Waals surface area contributed by atoms with Crippen molar-refractivity contribution >= 4 is 37.8 Å². The summed E-state index contributed by atoms with van der Waals surface area (Å²) in [5, 5.41) is 5.03. The first-order valence-electron chi connectivity index (χ1n) is 8.28. The van der Waals surface area contributed by atoms with Gasteiger partial charge in [0.1, 0.15) is 5.75 Å². The van der Waals surface area contributed by atoms with Gasteiger partial charge in [-0.25, -0.2) is 13.6 Å². The quantitative estimate of drug-likeness (QED) is 0.531. The van der Waals surface area contributed by atoms with Gasteiger partial charge in [0.15, 0.2) is 6.10 Å². The fourth-order valence-electron chi connectivity index (χ4n) is 2.20. The van der Waals surface area contributed by atoms with Crippen molar-refractivity contribution in [1.82, 2.24) is 10.9 Å². The van der Waals surface area contributed by atoms with Gasteiger partial charge in [0.05, 0.1) is 4.90 Å². The Morgan fingerprint density at radius 2 is 1.82 bits per heavy atom. The van der Waals surface area contributed by atoms with Crippen LogP contribution in [0.25, 0.3) is 0 Å². The molecule has 0 aliphatic carbocycles. The third-order valence-electron chi connectivity index (χ3n) is 3.70. The first-order chi connectivity index (χ1) is 13.1. The molecule has 0 fully saturated rings. The largest absolute Gasteiger partial charge is 0.481 e. The van der Waals surface area contributed by atoms with Crippen LogP contribution in [-0.4, -0.2) is 26.3 Å². The van der Waals surface area contributed by atoms with Gasteiger partial charge >= 0.3 is 0 Å². The summed E-state index contributed by atoms with van der Waals surface area (Å²) in [7, 11) is -3.74. The Morgan fingerprint density at radius 1 is 1.14 bits per heavy atom. The highest BCUT2D eigenvalue weighted by molar-refractivity contribution is 9.10. The highest BCUT2D eigenvalue weighted by Gasteiger charge is 2.15. The maximum Gasteiger partial charge on any atom is 0.279 e. The number of halogens is 1. The second kappa shape index (κ2) is 9.67. The van der Waals surface area contributed by atoms with Crippen molar-refractivity contribution in [2.45, 2.75) is 30.8 Å². The molecule has 0 saturated heterocycles. The van der Waals surface area contributed by atoms with Crippen LogP contribution >= 0.6 is 15.9 Å². The molecule has 0 radical (unpaired) electrons. The van der Waals surface area contributed by atoms with Crippen LogP contribution in [0.1, 0.15) is 18.9 Å². The summed E-state index contributed by atoms with van der Waals surface area (Å²) >= 11 is 3.32. The lowest BCUT2D eigenvalue weighted by Crippen LogP contribution is -2.47. The third-order valence-corrected chi connectivity index (χ3v) is 5.12. The van der Waals surface area contributed by atoms with E-state index < -0.39 is 27.9 Å². The standard InChI is InChI=1S/C18H20BrN3O5S/c1-12(27-15-4-2-3-14(19)11-15)18(24)22-21-17(23)10-7-13-5-8-16(9-6-13)28(20,25)26/h2-6,8-9,11-12H,7,10H2,1H3,(H,21,23)(H,22,24)(H2,20,25,26). The predicted molar refractivity (Wildman–Crippen MR) is 107 cm³/mol. The molecule has 2 amide bonds. The maximum absolute atomic E-state index is 12.0. The van der Waals surface area contributed by atoms with Gasteiger partial charge < -0.3 is 4.74 Å². The van der Waals surface area contributed by atoms with Crippen LogP contribution < -0.4 is 20.7 Å². The normalized spacial score (nSPS) is 12.1. The Balaban J connectivity index is 1.76. The van der Waals surface area contributed by atoms with Gasteiger partial charge in [-0.1, -0.05) is 34.1 Å². The van der Waals surface area contributed by atoms with Crippen molar-refractivity contribution in [3.05, 3.63) is 58.6 Å². The van der Waals surface area contributed by atoms with Crippen molar-refractivity contribution in [2.24, 2.45) is 5.14 Å². The molecule has 0 aliphatic heterocycles. The van der Waals surface area contributed by atoms with E-state index in [0.29, 0.717) is 12.2 Å². The Morgan fingerprint density at radius 3 is 2.43 bits per heavy atom. The van der Waals surface area contributed by atoms with E-state index in [4.69, 9.17) is 9.88 Å². The number of hydrazine groups is 1. The summed E-state index contributed by atoms with van der Waals surface area (Å²) in [6.07, 6.45) is -0.326. The predicted octanol–water partition coefficient (Wildman–Crippen LogP) is 1.64. The third kappa shape index (κ3) is 6.95. The lowest BCUT2D eigenvalue weighted by atomic mass is 10.1. The van der Waals surface area contributed by atoms with E-state index in [1.807, 2.05) is 6.07 Å². The molecule has 2 aromatic rings. The minimum atomic E-state index is -3.74. The number of ether oxygens (including phenoxy) is 1. The van der Waals surface area contributed by atoms with Crippen LogP contribution in [-0.2, 0) is 26.0 Å². The molecule has 1 atom stereocenters. The molecule has 0 saturated carbocycles. The van der Waals surface area contributed by atoms with E-state index in [1.54, 1.807) is 37.3 Å². The summed E-state index contributed by atoms with van der Waals surface area (Å²) in [6.45, 7) is 1.56. The molecule has 2 aromatic carbocycles. The average molecular weight is 470 g/mol. The monoisotopic (exact) mass is 469 g/mol. The number of nitrogens with one attached hydrogen (secondary N) is 2. The van der Waals surface area contributed by atoms with Gasteiger partial charge in [0, 0.05) is 10.9 Å². The molecule has 10 heteroatoms.